The van der Waals surface area contributed by atoms with Gasteiger partial charge in [0.25, 0.3) is 0 Å². The number of carbonyl (C=O) groups excluding carboxylic acids is 1. The van der Waals surface area contributed by atoms with E-state index in [9.17, 15) is 4.79 Å². The van der Waals surface area contributed by atoms with Crippen molar-refractivity contribution < 1.29 is 9.53 Å². The lowest BCUT2D eigenvalue weighted by atomic mass is 9.82. The van der Waals surface area contributed by atoms with Crippen LogP contribution in [0, 0.1) is 0 Å². The minimum absolute atomic E-state index is 0.112. The maximum Gasteiger partial charge on any atom is 0.355 e. The molecule has 0 amide bonds. The minimum atomic E-state index is -0.390. The first-order valence-corrected chi connectivity index (χ1v) is 10.5. The predicted molar refractivity (Wildman–Crippen MR) is 107 cm³/mol. The zero-order chi connectivity index (χ0) is 17.2. The molecular weight excluding hydrogens is 447 g/mol. The van der Waals surface area contributed by atoms with Crippen LogP contribution in [0.15, 0.2) is 24.5 Å². The van der Waals surface area contributed by atoms with Gasteiger partial charge in [0.2, 0.25) is 0 Å². The number of nitrogens with one attached hydrogen (secondary N) is 1. The standard InChI is InChI=1S/C14H16BClIN3O2S/c1-14(2,15)19-12-5-9(10(16)6-18-12)8-4-11(13(21)22-3)20(7-8)23-17/h4-7H,15H2,1-3H3,(H,18,19). The van der Waals surface area contributed by atoms with E-state index in [2.05, 4.69) is 53.2 Å². The number of hydrogen-bond acceptors (Lipinski definition) is 5. The summed E-state index contributed by atoms with van der Waals surface area (Å²) in [6.07, 6.45) is 3.46. The lowest BCUT2D eigenvalue weighted by molar-refractivity contribution is 0.0593. The number of esters is 1. The molecule has 2 rings (SSSR count). The Morgan fingerprint density at radius 1 is 1.52 bits per heavy atom. The number of ether oxygens (including phenoxy) is 1. The van der Waals surface area contributed by atoms with Crippen molar-refractivity contribution in [2.24, 2.45) is 0 Å². The second-order valence-electron chi connectivity index (χ2n) is 5.92. The van der Waals surface area contributed by atoms with Gasteiger partial charge in [-0.2, -0.15) is 0 Å². The van der Waals surface area contributed by atoms with Crippen LogP contribution in [0.1, 0.15) is 24.3 Å². The lowest BCUT2D eigenvalue weighted by Gasteiger charge is -2.21. The van der Waals surface area contributed by atoms with Crippen molar-refractivity contribution >= 4 is 61.6 Å². The SMILES string of the molecule is BC(C)(C)Nc1cc(-c2cc(C(=O)OC)n(SI)c2)c(Cl)cn1. The summed E-state index contributed by atoms with van der Waals surface area (Å²) in [5, 5.41) is 3.84. The summed E-state index contributed by atoms with van der Waals surface area (Å²) >= 11 is 8.40. The van der Waals surface area contributed by atoms with Crippen LogP contribution < -0.4 is 5.32 Å². The molecule has 0 radical (unpaired) electrons. The number of rotatable bonds is 5. The lowest BCUT2D eigenvalue weighted by Crippen LogP contribution is -2.31. The van der Waals surface area contributed by atoms with Crippen LogP contribution >= 0.6 is 41.9 Å². The Balaban J connectivity index is 2.47. The molecule has 2 aromatic rings. The molecule has 2 aromatic heterocycles. The van der Waals surface area contributed by atoms with Crippen molar-refractivity contribution in [3.63, 3.8) is 0 Å². The smallest absolute Gasteiger partial charge is 0.355 e. The molecule has 0 atom stereocenters. The van der Waals surface area contributed by atoms with Crippen LogP contribution in [0.25, 0.3) is 11.1 Å². The van der Waals surface area contributed by atoms with Gasteiger partial charge >= 0.3 is 5.97 Å². The van der Waals surface area contributed by atoms with Gasteiger partial charge in [-0.1, -0.05) is 25.4 Å². The van der Waals surface area contributed by atoms with Gasteiger partial charge in [0.1, 0.15) is 19.4 Å². The monoisotopic (exact) mass is 463 g/mol. The quantitative estimate of drug-likeness (QED) is 0.417. The minimum Gasteiger partial charge on any atom is -0.464 e. The molecule has 0 fully saturated rings. The topological polar surface area (TPSA) is 56.1 Å². The molecule has 0 aliphatic carbocycles. The number of carbonyl (C=O) groups is 1. The molecule has 2 heterocycles. The molecule has 0 unspecified atom stereocenters. The van der Waals surface area contributed by atoms with Gasteiger partial charge in [-0.15, -0.1) is 0 Å². The highest BCUT2D eigenvalue weighted by Gasteiger charge is 2.18. The van der Waals surface area contributed by atoms with E-state index in [0.29, 0.717) is 10.7 Å². The zero-order valence-electron chi connectivity index (χ0n) is 13.2. The Labute approximate surface area is 157 Å². The summed E-state index contributed by atoms with van der Waals surface area (Å²) in [6.45, 7) is 4.11. The highest BCUT2D eigenvalue weighted by Crippen LogP contribution is 2.33. The van der Waals surface area contributed by atoms with E-state index in [0.717, 1.165) is 16.9 Å². The first kappa shape index (κ1) is 18.5. The zero-order valence-corrected chi connectivity index (χ0v) is 16.9. The summed E-state index contributed by atoms with van der Waals surface area (Å²) in [5.74, 6) is 0.338. The normalized spacial score (nSPS) is 11.3. The Morgan fingerprint density at radius 2 is 2.22 bits per heavy atom. The largest absolute Gasteiger partial charge is 0.464 e. The van der Waals surface area contributed by atoms with Crippen LogP contribution in [0.5, 0.6) is 0 Å². The third-order valence-electron chi connectivity index (χ3n) is 2.92. The van der Waals surface area contributed by atoms with E-state index in [1.807, 2.05) is 12.3 Å². The van der Waals surface area contributed by atoms with Crippen molar-refractivity contribution in [2.45, 2.75) is 19.3 Å². The number of methoxy groups -OCH3 is 1. The number of halogens is 2. The number of hydrogen-bond donors (Lipinski definition) is 1. The molecule has 23 heavy (non-hydrogen) atoms. The van der Waals surface area contributed by atoms with Crippen LogP contribution in [0.3, 0.4) is 0 Å². The Hall–Kier alpha value is -0.865. The maximum absolute atomic E-state index is 11.9. The second-order valence-corrected chi connectivity index (χ2v) is 8.05. The van der Waals surface area contributed by atoms with Crippen molar-refractivity contribution in [3.05, 3.63) is 35.2 Å². The second kappa shape index (κ2) is 7.35. The molecule has 0 saturated carbocycles. The van der Waals surface area contributed by atoms with Gasteiger partial charge in [0.15, 0.2) is 0 Å². The fourth-order valence-electron chi connectivity index (χ4n) is 2.01. The van der Waals surface area contributed by atoms with Gasteiger partial charge in [0.05, 0.1) is 12.1 Å². The van der Waals surface area contributed by atoms with Gasteiger partial charge in [-0.25, -0.2) is 9.78 Å². The average Bonchev–Trinajstić information content (AvgIpc) is 2.91. The number of anilines is 1. The first-order chi connectivity index (χ1) is 10.7. The molecule has 0 aromatic carbocycles. The molecule has 9 heteroatoms. The third kappa shape index (κ3) is 4.57. The van der Waals surface area contributed by atoms with E-state index in [1.165, 1.54) is 16.2 Å². The summed E-state index contributed by atoms with van der Waals surface area (Å²) in [4.78, 5) is 16.2. The van der Waals surface area contributed by atoms with E-state index >= 15 is 0 Å². The molecule has 0 aliphatic heterocycles. The Kier molecular flexibility index (Phi) is 5.91. The molecule has 0 saturated heterocycles. The predicted octanol–water partition coefficient (Wildman–Crippen LogP) is 3.62. The van der Waals surface area contributed by atoms with Gasteiger partial charge in [-0.3, -0.25) is 3.97 Å². The first-order valence-electron chi connectivity index (χ1n) is 6.79. The van der Waals surface area contributed by atoms with E-state index < -0.39 is 5.97 Å². The maximum atomic E-state index is 11.9. The fourth-order valence-corrected chi connectivity index (χ4v) is 3.56. The molecule has 0 aliphatic rings. The Bertz CT molecular complexity index is 733. The van der Waals surface area contributed by atoms with Crippen molar-refractivity contribution in [3.8, 4) is 11.1 Å². The van der Waals surface area contributed by atoms with Gasteiger partial charge in [0, 0.05) is 59.3 Å². The molecule has 1 N–H and O–H groups in total. The summed E-state index contributed by atoms with van der Waals surface area (Å²) in [5.41, 5.74) is 1.99. The third-order valence-corrected chi connectivity index (χ3v) is 4.95. The number of pyridine rings is 1. The molecule has 0 spiro atoms. The Morgan fingerprint density at radius 3 is 2.78 bits per heavy atom. The highest BCUT2D eigenvalue weighted by molar-refractivity contribution is 14.2. The number of nitrogens with zero attached hydrogens (tertiary/aromatic N) is 2. The summed E-state index contributed by atoms with van der Waals surface area (Å²) in [7, 11) is 4.81. The van der Waals surface area contributed by atoms with Crippen LogP contribution in [0.2, 0.25) is 5.02 Å². The average molecular weight is 464 g/mol. The number of aromatic nitrogens is 2. The molecule has 5 nitrogen and oxygen atoms in total. The van der Waals surface area contributed by atoms with Gasteiger partial charge < -0.3 is 10.1 Å². The molecule has 0 bridgehead atoms. The summed E-state index contributed by atoms with van der Waals surface area (Å²) in [6, 6.07) is 3.64. The van der Waals surface area contributed by atoms with Crippen LogP contribution in [-0.4, -0.2) is 35.3 Å². The van der Waals surface area contributed by atoms with E-state index in [1.54, 1.807) is 16.2 Å². The van der Waals surface area contributed by atoms with Crippen molar-refractivity contribution in [1.82, 2.24) is 8.96 Å². The summed E-state index contributed by atoms with van der Waals surface area (Å²) < 4.78 is 6.56. The molecule has 122 valence electrons. The van der Waals surface area contributed by atoms with E-state index in [-0.39, 0.29) is 5.44 Å². The van der Waals surface area contributed by atoms with Crippen LogP contribution in [-0.2, 0) is 4.74 Å². The van der Waals surface area contributed by atoms with Crippen molar-refractivity contribution in [1.29, 1.82) is 0 Å². The van der Waals surface area contributed by atoms with Crippen molar-refractivity contribution in [2.75, 3.05) is 12.4 Å². The van der Waals surface area contributed by atoms with Crippen LogP contribution in [0.4, 0.5) is 5.82 Å². The highest BCUT2D eigenvalue weighted by atomic mass is 127. The van der Waals surface area contributed by atoms with Gasteiger partial charge in [-0.05, 0) is 12.1 Å². The molecular formula is C14H16BClIN3O2S. The van der Waals surface area contributed by atoms with E-state index in [4.69, 9.17) is 16.3 Å². The fraction of sp³-hybridized carbons (Fsp3) is 0.286.